The van der Waals surface area contributed by atoms with Crippen molar-refractivity contribution in [2.75, 3.05) is 6.54 Å². The van der Waals surface area contributed by atoms with Crippen molar-refractivity contribution in [2.45, 2.75) is 38.1 Å². The van der Waals surface area contributed by atoms with Crippen LogP contribution in [0.1, 0.15) is 31.5 Å². The third-order valence-corrected chi connectivity index (χ3v) is 3.21. The van der Waals surface area contributed by atoms with Crippen LogP contribution in [0.15, 0.2) is 0 Å². The number of aromatic amines is 1. The zero-order chi connectivity index (χ0) is 12.1. The number of hydrogen-bond donors (Lipinski definition) is 3. The molecule has 1 saturated heterocycles. The molecule has 7 heteroatoms. The first-order valence-corrected chi connectivity index (χ1v) is 5.94. The monoisotopic (exact) mass is 239 g/mol. The van der Waals surface area contributed by atoms with Gasteiger partial charge in [0.05, 0.1) is 0 Å². The number of carbonyl (C=O) groups is 1. The molecule has 1 aliphatic heterocycles. The van der Waals surface area contributed by atoms with Gasteiger partial charge in [0.1, 0.15) is 6.04 Å². The van der Waals surface area contributed by atoms with Gasteiger partial charge in [0, 0.05) is 6.42 Å². The van der Waals surface area contributed by atoms with E-state index in [4.69, 9.17) is 5.11 Å². The second-order valence-corrected chi connectivity index (χ2v) is 4.46. The zero-order valence-corrected chi connectivity index (χ0v) is 9.59. The van der Waals surface area contributed by atoms with Crippen molar-refractivity contribution < 1.29 is 9.90 Å². The number of H-pyrrole nitrogens is 1. The minimum Gasteiger partial charge on any atom is -0.480 e. The largest absolute Gasteiger partial charge is 0.480 e. The fraction of sp³-hybridized carbons (Fsp3) is 0.800. The molecule has 2 atom stereocenters. The summed E-state index contributed by atoms with van der Waals surface area (Å²) in [5.74, 6) is 0.478. The molecule has 1 aromatic heterocycles. The van der Waals surface area contributed by atoms with E-state index in [2.05, 4.69) is 25.9 Å². The second kappa shape index (κ2) is 5.72. The third kappa shape index (κ3) is 3.48. The Kier molecular flexibility index (Phi) is 4.03. The maximum Gasteiger partial charge on any atom is 0.320 e. The average Bonchev–Trinajstić information content (AvgIpc) is 2.82. The molecule has 0 bridgehead atoms. The maximum atomic E-state index is 10.9. The highest BCUT2D eigenvalue weighted by Crippen LogP contribution is 2.22. The van der Waals surface area contributed by atoms with Crippen molar-refractivity contribution in [1.82, 2.24) is 25.9 Å². The Hall–Kier alpha value is -1.50. The van der Waals surface area contributed by atoms with Crippen LogP contribution in [0.5, 0.6) is 0 Å². The number of carboxylic acid groups (broad SMARTS) is 1. The van der Waals surface area contributed by atoms with Gasteiger partial charge in [0.2, 0.25) is 0 Å². The van der Waals surface area contributed by atoms with Crippen molar-refractivity contribution in [3.05, 3.63) is 5.82 Å². The number of carboxylic acids is 1. The lowest BCUT2D eigenvalue weighted by Crippen LogP contribution is -2.43. The van der Waals surface area contributed by atoms with E-state index >= 15 is 0 Å². The zero-order valence-electron chi connectivity index (χ0n) is 9.59. The number of aliphatic carboxylic acids is 1. The van der Waals surface area contributed by atoms with Crippen molar-refractivity contribution in [3.8, 4) is 0 Å². The molecule has 0 saturated carbocycles. The summed E-state index contributed by atoms with van der Waals surface area (Å²) in [5.41, 5.74) is 0. The van der Waals surface area contributed by atoms with E-state index in [1.165, 1.54) is 0 Å². The molecule has 0 unspecified atom stereocenters. The van der Waals surface area contributed by atoms with Crippen LogP contribution in [0, 0.1) is 5.92 Å². The number of nitrogens with zero attached hydrogens (tertiary/aromatic N) is 3. The Balaban J connectivity index is 1.70. The summed E-state index contributed by atoms with van der Waals surface area (Å²) in [4.78, 5) is 10.9. The van der Waals surface area contributed by atoms with Crippen LogP contribution in [0.3, 0.4) is 0 Å². The highest BCUT2D eigenvalue weighted by atomic mass is 16.4. The molecule has 94 valence electrons. The molecular formula is C10H17N5O2. The number of nitrogens with one attached hydrogen (secondary N) is 2. The van der Waals surface area contributed by atoms with Gasteiger partial charge in [-0.25, -0.2) is 0 Å². The number of piperidine rings is 1. The van der Waals surface area contributed by atoms with Crippen LogP contribution in [-0.2, 0) is 11.2 Å². The van der Waals surface area contributed by atoms with Gasteiger partial charge in [0.25, 0.3) is 0 Å². The Labute approximate surface area is 99.0 Å². The molecule has 1 fully saturated rings. The van der Waals surface area contributed by atoms with E-state index in [0.717, 1.165) is 44.5 Å². The molecule has 17 heavy (non-hydrogen) atoms. The van der Waals surface area contributed by atoms with Crippen molar-refractivity contribution in [1.29, 1.82) is 0 Å². The summed E-state index contributed by atoms with van der Waals surface area (Å²) in [6.07, 6.45) is 4.59. The summed E-state index contributed by atoms with van der Waals surface area (Å²) in [5, 5.41) is 25.6. The van der Waals surface area contributed by atoms with Gasteiger partial charge in [-0.1, -0.05) is 5.21 Å². The van der Waals surface area contributed by atoms with Gasteiger partial charge in [-0.2, -0.15) is 5.21 Å². The van der Waals surface area contributed by atoms with Crippen molar-refractivity contribution in [3.63, 3.8) is 0 Å². The lowest BCUT2D eigenvalue weighted by molar-refractivity contribution is -0.140. The van der Waals surface area contributed by atoms with Gasteiger partial charge >= 0.3 is 5.97 Å². The minimum atomic E-state index is -0.743. The number of hydrogen-bond acceptors (Lipinski definition) is 5. The first-order valence-electron chi connectivity index (χ1n) is 5.94. The molecule has 3 N–H and O–H groups in total. The van der Waals surface area contributed by atoms with Gasteiger partial charge in [-0.3, -0.25) is 4.79 Å². The normalized spacial score (nSPS) is 24.7. The summed E-state index contributed by atoms with van der Waals surface area (Å²) >= 11 is 0. The van der Waals surface area contributed by atoms with Crippen LogP contribution in [-0.4, -0.2) is 44.3 Å². The number of aryl methyl sites for hydroxylation is 1. The molecule has 0 amide bonds. The second-order valence-electron chi connectivity index (χ2n) is 4.46. The molecule has 7 nitrogen and oxygen atoms in total. The third-order valence-electron chi connectivity index (χ3n) is 3.21. The van der Waals surface area contributed by atoms with Gasteiger partial charge in [0.15, 0.2) is 5.82 Å². The van der Waals surface area contributed by atoms with E-state index < -0.39 is 5.97 Å². The Morgan fingerprint density at radius 1 is 1.53 bits per heavy atom. The smallest absolute Gasteiger partial charge is 0.320 e. The highest BCUT2D eigenvalue weighted by Gasteiger charge is 2.25. The molecular weight excluding hydrogens is 222 g/mol. The predicted molar refractivity (Wildman–Crippen MR) is 59.3 cm³/mol. The number of rotatable bonds is 5. The number of aromatic nitrogens is 4. The van der Waals surface area contributed by atoms with E-state index in [9.17, 15) is 4.79 Å². The van der Waals surface area contributed by atoms with E-state index in [-0.39, 0.29) is 6.04 Å². The maximum absolute atomic E-state index is 10.9. The van der Waals surface area contributed by atoms with Crippen LogP contribution in [0.4, 0.5) is 0 Å². The Morgan fingerprint density at radius 3 is 3.12 bits per heavy atom. The van der Waals surface area contributed by atoms with E-state index in [1.807, 2.05) is 0 Å². The average molecular weight is 239 g/mol. The molecule has 0 aromatic carbocycles. The first-order chi connectivity index (χ1) is 8.25. The summed E-state index contributed by atoms with van der Waals surface area (Å²) in [6, 6.07) is -0.376. The highest BCUT2D eigenvalue weighted by molar-refractivity contribution is 5.73. The van der Waals surface area contributed by atoms with Crippen molar-refractivity contribution in [2.24, 2.45) is 5.92 Å². The topological polar surface area (TPSA) is 104 Å². The summed E-state index contributed by atoms with van der Waals surface area (Å²) < 4.78 is 0. The van der Waals surface area contributed by atoms with Gasteiger partial charge < -0.3 is 10.4 Å². The van der Waals surface area contributed by atoms with E-state index in [1.54, 1.807) is 0 Å². The Bertz CT molecular complexity index is 354. The van der Waals surface area contributed by atoms with Crippen LogP contribution in [0.2, 0.25) is 0 Å². The summed E-state index contributed by atoms with van der Waals surface area (Å²) in [7, 11) is 0. The fourth-order valence-electron chi connectivity index (χ4n) is 2.28. The molecule has 0 spiro atoms. The van der Waals surface area contributed by atoms with Crippen molar-refractivity contribution >= 4 is 5.97 Å². The number of tetrazole rings is 1. The SMILES string of the molecule is O=C(O)[C@H]1C[C@@H](CCCc2nn[nH]n2)CCN1. The lowest BCUT2D eigenvalue weighted by Gasteiger charge is -2.27. The lowest BCUT2D eigenvalue weighted by atomic mass is 9.88. The van der Waals surface area contributed by atoms with Gasteiger partial charge in [-0.05, 0) is 38.1 Å². The van der Waals surface area contributed by atoms with Crippen LogP contribution >= 0.6 is 0 Å². The summed E-state index contributed by atoms with van der Waals surface area (Å²) in [6.45, 7) is 0.795. The fourth-order valence-corrected chi connectivity index (χ4v) is 2.28. The first kappa shape index (κ1) is 12.0. The van der Waals surface area contributed by atoms with Gasteiger partial charge in [-0.15, -0.1) is 10.2 Å². The Morgan fingerprint density at radius 2 is 2.41 bits per heavy atom. The molecule has 2 heterocycles. The van der Waals surface area contributed by atoms with Crippen LogP contribution < -0.4 is 5.32 Å². The molecule has 0 aliphatic carbocycles. The predicted octanol–water partition coefficient (Wildman–Crippen LogP) is -0.0248. The van der Waals surface area contributed by atoms with E-state index in [0.29, 0.717) is 5.92 Å². The minimum absolute atomic E-state index is 0.376. The molecule has 0 radical (unpaired) electrons. The molecule has 2 rings (SSSR count). The standard InChI is InChI=1S/C10H17N5O2/c16-10(17)8-6-7(4-5-11-8)2-1-3-9-12-14-15-13-9/h7-8,11H,1-6H2,(H,16,17)(H,12,13,14,15)/t7-,8+/m0/s1. The molecule has 1 aliphatic rings. The van der Waals surface area contributed by atoms with Crippen LogP contribution in [0.25, 0.3) is 0 Å². The quantitative estimate of drug-likeness (QED) is 0.667. The molecule has 1 aromatic rings.